The van der Waals surface area contributed by atoms with Gasteiger partial charge in [-0.3, -0.25) is 9.59 Å². The van der Waals surface area contributed by atoms with Gasteiger partial charge in [-0.05, 0) is 60.5 Å². The van der Waals surface area contributed by atoms with Gasteiger partial charge in [0.15, 0.2) is 0 Å². The number of carboxylic acids is 1. The third-order valence-corrected chi connectivity index (χ3v) is 5.11. The van der Waals surface area contributed by atoms with Gasteiger partial charge in [0, 0.05) is 33.3 Å². The van der Waals surface area contributed by atoms with Crippen molar-refractivity contribution in [1.29, 1.82) is 0 Å². The van der Waals surface area contributed by atoms with E-state index >= 15 is 0 Å². The summed E-state index contributed by atoms with van der Waals surface area (Å²) in [5.74, 6) is -1.04. The molecule has 7 heteroatoms. The van der Waals surface area contributed by atoms with Crippen LogP contribution in [0.3, 0.4) is 0 Å². The van der Waals surface area contributed by atoms with Crippen LogP contribution in [0.25, 0.3) is 0 Å². The average molecular weight is 480 g/mol. The van der Waals surface area contributed by atoms with Gasteiger partial charge < -0.3 is 15.3 Å². The lowest BCUT2D eigenvalue weighted by atomic mass is 10.1. The number of rotatable bonds is 6. The zero-order valence-electron chi connectivity index (χ0n) is 13.7. The first kappa shape index (κ1) is 18.7. The summed E-state index contributed by atoms with van der Waals surface area (Å²) in [6, 6.07) is 15.0. The van der Waals surface area contributed by atoms with Crippen LogP contribution >= 0.6 is 31.9 Å². The smallest absolute Gasteiger partial charge is 0.303 e. The number of benzene rings is 2. The highest BCUT2D eigenvalue weighted by molar-refractivity contribution is 9.10. The molecule has 0 saturated carbocycles. The van der Waals surface area contributed by atoms with Crippen molar-refractivity contribution in [2.75, 3.05) is 16.8 Å². The summed E-state index contributed by atoms with van der Waals surface area (Å²) < 4.78 is 1.87. The molecule has 0 radical (unpaired) electrons. The van der Waals surface area contributed by atoms with Gasteiger partial charge in [-0.15, -0.1) is 0 Å². The Labute approximate surface area is 168 Å². The van der Waals surface area contributed by atoms with Crippen LogP contribution < -0.4 is 10.2 Å². The molecule has 1 heterocycles. The maximum atomic E-state index is 13.0. The zero-order chi connectivity index (χ0) is 18.7. The Kier molecular flexibility index (Phi) is 5.78. The fraction of sp³-hybridized carbons (Fsp3) is 0.158. The molecule has 0 aliphatic carbocycles. The number of halogens is 2. The second-order valence-corrected chi connectivity index (χ2v) is 7.70. The van der Waals surface area contributed by atoms with Crippen LogP contribution in [0.4, 0.5) is 11.4 Å². The number of nitrogens with zero attached hydrogens (tertiary/aromatic N) is 1. The molecule has 134 valence electrons. The highest BCUT2D eigenvalue weighted by atomic mass is 79.9. The van der Waals surface area contributed by atoms with E-state index < -0.39 is 5.97 Å². The van der Waals surface area contributed by atoms with Crippen LogP contribution in [0.15, 0.2) is 68.7 Å². The van der Waals surface area contributed by atoms with E-state index in [9.17, 15) is 9.59 Å². The first-order chi connectivity index (χ1) is 12.4. The molecular weight excluding hydrogens is 464 g/mol. The Bertz CT molecular complexity index is 861. The average Bonchev–Trinajstić information content (AvgIpc) is 2.92. The molecule has 2 aromatic carbocycles. The van der Waals surface area contributed by atoms with Gasteiger partial charge in [-0.1, -0.05) is 31.9 Å². The number of nitrogens with one attached hydrogen (secondary N) is 1. The molecule has 1 aliphatic rings. The monoisotopic (exact) mass is 478 g/mol. The molecule has 3 rings (SSSR count). The molecule has 26 heavy (non-hydrogen) atoms. The van der Waals surface area contributed by atoms with E-state index in [4.69, 9.17) is 5.11 Å². The largest absolute Gasteiger partial charge is 0.481 e. The number of aliphatic carboxylic acids is 1. The van der Waals surface area contributed by atoms with E-state index in [-0.39, 0.29) is 12.3 Å². The van der Waals surface area contributed by atoms with Gasteiger partial charge in [-0.25, -0.2) is 0 Å². The third-order valence-electron chi connectivity index (χ3n) is 4.05. The molecule has 0 unspecified atom stereocenters. The van der Waals surface area contributed by atoms with E-state index in [1.54, 1.807) is 4.90 Å². The predicted molar refractivity (Wildman–Crippen MR) is 108 cm³/mol. The minimum absolute atomic E-state index is 0.0116. The third kappa shape index (κ3) is 4.34. The molecule has 1 aliphatic heterocycles. The quantitative estimate of drug-likeness (QED) is 0.624. The van der Waals surface area contributed by atoms with Gasteiger partial charge >= 0.3 is 5.97 Å². The number of hydrogen-bond acceptors (Lipinski definition) is 3. The van der Waals surface area contributed by atoms with E-state index in [0.717, 1.165) is 25.9 Å². The first-order valence-electron chi connectivity index (χ1n) is 7.98. The fourth-order valence-electron chi connectivity index (χ4n) is 2.74. The molecule has 0 bridgehead atoms. The van der Waals surface area contributed by atoms with Crippen LogP contribution in [0.1, 0.15) is 12.8 Å². The lowest BCUT2D eigenvalue weighted by Crippen LogP contribution is -2.28. The van der Waals surface area contributed by atoms with Gasteiger partial charge in [0.25, 0.3) is 5.91 Å². The summed E-state index contributed by atoms with van der Waals surface area (Å²) in [6.07, 6.45) is 0.315. The van der Waals surface area contributed by atoms with Crippen LogP contribution in [0.5, 0.6) is 0 Å². The number of hydrogen-bond donors (Lipinski definition) is 2. The first-order valence-corrected chi connectivity index (χ1v) is 9.56. The van der Waals surface area contributed by atoms with E-state index in [1.165, 1.54) is 0 Å². The predicted octanol–water partition coefficient (Wildman–Crippen LogP) is 4.79. The van der Waals surface area contributed by atoms with Crippen LogP contribution in [-0.2, 0) is 9.59 Å². The molecule has 0 spiro atoms. The number of carboxylic acid groups (broad SMARTS) is 1. The van der Waals surface area contributed by atoms with Crippen molar-refractivity contribution < 1.29 is 14.7 Å². The van der Waals surface area contributed by atoms with Crippen LogP contribution in [-0.4, -0.2) is 23.5 Å². The Morgan fingerprint density at radius 1 is 1.04 bits per heavy atom. The van der Waals surface area contributed by atoms with Crippen LogP contribution in [0, 0.1) is 0 Å². The van der Waals surface area contributed by atoms with Gasteiger partial charge in [0.1, 0.15) is 5.70 Å². The van der Waals surface area contributed by atoms with Gasteiger partial charge in [0.2, 0.25) is 0 Å². The molecule has 0 saturated heterocycles. The molecule has 0 aromatic heterocycles. The Morgan fingerprint density at radius 3 is 2.19 bits per heavy atom. The standard InChI is InChI=1S/C19H16Br2N2O3/c20-13-2-6-15(7-3-13)22-18-12(1-10-17(24)25)11-23(19(18)26)16-8-4-14(21)5-9-16/h2-9,22H,1,10-11H2,(H,24,25). The van der Waals surface area contributed by atoms with Gasteiger partial charge in [-0.2, -0.15) is 0 Å². The van der Waals surface area contributed by atoms with Crippen molar-refractivity contribution in [2.45, 2.75) is 12.8 Å². The lowest BCUT2D eigenvalue weighted by molar-refractivity contribution is -0.137. The number of carbonyl (C=O) groups excluding carboxylic acids is 1. The van der Waals surface area contributed by atoms with E-state index in [0.29, 0.717) is 18.7 Å². The van der Waals surface area contributed by atoms with Crippen molar-refractivity contribution in [3.05, 3.63) is 68.7 Å². The summed E-state index contributed by atoms with van der Waals surface area (Å²) in [5.41, 5.74) is 2.81. The number of carbonyl (C=O) groups is 2. The van der Waals surface area contributed by atoms with Crippen molar-refractivity contribution in [1.82, 2.24) is 0 Å². The minimum atomic E-state index is -0.880. The van der Waals surface area contributed by atoms with E-state index in [2.05, 4.69) is 37.2 Å². The highest BCUT2D eigenvalue weighted by Gasteiger charge is 2.31. The summed E-state index contributed by atoms with van der Waals surface area (Å²) in [5, 5.41) is 12.2. The minimum Gasteiger partial charge on any atom is -0.481 e. The maximum absolute atomic E-state index is 13.0. The molecule has 0 atom stereocenters. The van der Waals surface area contributed by atoms with Crippen molar-refractivity contribution in [3.8, 4) is 0 Å². The molecule has 1 amide bonds. The second-order valence-electron chi connectivity index (χ2n) is 5.87. The normalized spacial score (nSPS) is 14.1. The molecular formula is C19H16Br2N2O3. The molecule has 2 N–H and O–H groups in total. The highest BCUT2D eigenvalue weighted by Crippen LogP contribution is 2.30. The Balaban J connectivity index is 1.87. The fourth-order valence-corrected chi connectivity index (χ4v) is 3.27. The summed E-state index contributed by atoms with van der Waals surface area (Å²) in [7, 11) is 0. The second kappa shape index (κ2) is 8.05. The van der Waals surface area contributed by atoms with Crippen molar-refractivity contribution >= 4 is 55.1 Å². The molecule has 2 aromatic rings. The van der Waals surface area contributed by atoms with E-state index in [1.807, 2.05) is 48.5 Å². The number of anilines is 2. The number of amides is 1. The summed E-state index contributed by atoms with van der Waals surface area (Å²) >= 11 is 6.77. The maximum Gasteiger partial charge on any atom is 0.303 e. The van der Waals surface area contributed by atoms with Crippen LogP contribution in [0.2, 0.25) is 0 Å². The zero-order valence-corrected chi connectivity index (χ0v) is 16.9. The summed E-state index contributed by atoms with van der Waals surface area (Å²) in [4.78, 5) is 25.6. The SMILES string of the molecule is O=C(O)CCC1=C(Nc2ccc(Br)cc2)C(=O)N(c2ccc(Br)cc2)C1. The Morgan fingerprint density at radius 2 is 1.62 bits per heavy atom. The van der Waals surface area contributed by atoms with Crippen molar-refractivity contribution in [2.24, 2.45) is 0 Å². The Hall–Kier alpha value is -2.12. The summed E-state index contributed by atoms with van der Waals surface area (Å²) in [6.45, 7) is 0.382. The van der Waals surface area contributed by atoms with Gasteiger partial charge in [0.05, 0.1) is 0 Å². The van der Waals surface area contributed by atoms with Crippen molar-refractivity contribution in [3.63, 3.8) is 0 Å². The topological polar surface area (TPSA) is 69.6 Å². The lowest BCUT2D eigenvalue weighted by Gasteiger charge is -2.17. The molecule has 0 fully saturated rings. The molecule has 5 nitrogen and oxygen atoms in total.